The number of rotatable bonds is 3. The van der Waals surface area contributed by atoms with Crippen molar-refractivity contribution in [3.8, 4) is 0 Å². The van der Waals surface area contributed by atoms with Crippen LogP contribution in [-0.4, -0.2) is 34.2 Å². The fourth-order valence-corrected chi connectivity index (χ4v) is 2.34. The first-order chi connectivity index (χ1) is 9.26. The summed E-state index contributed by atoms with van der Waals surface area (Å²) in [5, 5.41) is 6.90. The molecule has 0 saturated carbocycles. The third kappa shape index (κ3) is 3.37. The van der Waals surface area contributed by atoms with Crippen LogP contribution in [0.15, 0.2) is 12.4 Å². The highest BCUT2D eigenvalue weighted by molar-refractivity contribution is 6.01. The average molecular weight is 278 g/mol. The van der Waals surface area contributed by atoms with E-state index in [9.17, 15) is 9.59 Å². The van der Waals surface area contributed by atoms with Gasteiger partial charge in [-0.2, -0.15) is 5.10 Å². The van der Waals surface area contributed by atoms with E-state index in [1.807, 2.05) is 27.8 Å². The summed E-state index contributed by atoms with van der Waals surface area (Å²) in [6.07, 6.45) is 4.53. The van der Waals surface area contributed by atoms with E-state index in [0.717, 1.165) is 5.69 Å². The summed E-state index contributed by atoms with van der Waals surface area (Å²) in [5.41, 5.74) is 0.708. The maximum Gasteiger partial charge on any atom is 0.249 e. The van der Waals surface area contributed by atoms with E-state index in [1.165, 1.54) is 0 Å². The zero-order valence-electron chi connectivity index (χ0n) is 12.5. The molecule has 6 heteroatoms. The lowest BCUT2D eigenvalue weighted by Gasteiger charge is -2.19. The van der Waals surface area contributed by atoms with Crippen LogP contribution >= 0.6 is 0 Å². The number of aromatic nitrogens is 2. The van der Waals surface area contributed by atoms with Crippen LogP contribution in [0.1, 0.15) is 33.6 Å². The van der Waals surface area contributed by atoms with Crippen LogP contribution < -0.4 is 10.2 Å². The van der Waals surface area contributed by atoms with Crippen molar-refractivity contribution in [1.29, 1.82) is 0 Å². The van der Waals surface area contributed by atoms with Crippen molar-refractivity contribution in [3.63, 3.8) is 0 Å². The second-order valence-corrected chi connectivity index (χ2v) is 6.51. The molecule has 1 unspecified atom stereocenters. The van der Waals surface area contributed by atoms with Gasteiger partial charge >= 0.3 is 0 Å². The van der Waals surface area contributed by atoms with Crippen molar-refractivity contribution in [2.24, 2.45) is 12.5 Å². The van der Waals surface area contributed by atoms with Crippen molar-refractivity contribution in [2.75, 3.05) is 11.4 Å². The molecular formula is C14H22N4O2. The minimum Gasteiger partial charge on any atom is -0.344 e. The number of hydrogen-bond donors (Lipinski definition) is 1. The van der Waals surface area contributed by atoms with Gasteiger partial charge in [-0.1, -0.05) is 20.8 Å². The average Bonchev–Trinajstić information content (AvgIpc) is 2.84. The van der Waals surface area contributed by atoms with Crippen molar-refractivity contribution in [2.45, 2.75) is 39.7 Å². The molecule has 0 radical (unpaired) electrons. The number of carbonyl (C=O) groups is 2. The Bertz CT molecular complexity index is 515. The third-order valence-electron chi connectivity index (χ3n) is 3.23. The Morgan fingerprint density at radius 3 is 2.75 bits per heavy atom. The van der Waals surface area contributed by atoms with Crippen LogP contribution in [-0.2, 0) is 16.6 Å². The van der Waals surface area contributed by atoms with Gasteiger partial charge in [0.2, 0.25) is 11.8 Å². The first kappa shape index (κ1) is 14.6. The van der Waals surface area contributed by atoms with Crippen molar-refractivity contribution in [1.82, 2.24) is 15.1 Å². The summed E-state index contributed by atoms with van der Waals surface area (Å²) in [5.74, 6) is -0.121. The predicted molar refractivity (Wildman–Crippen MR) is 76.2 cm³/mol. The van der Waals surface area contributed by atoms with Crippen molar-refractivity contribution >= 4 is 17.5 Å². The number of carbonyl (C=O) groups excluding carboxylic acids is 2. The van der Waals surface area contributed by atoms with Crippen LogP contribution in [0.4, 0.5) is 5.69 Å². The van der Waals surface area contributed by atoms with Gasteiger partial charge in [0.15, 0.2) is 0 Å². The molecule has 2 rings (SSSR count). The Balaban J connectivity index is 1.96. The second-order valence-electron chi connectivity index (χ2n) is 6.51. The van der Waals surface area contributed by atoms with Gasteiger partial charge in [-0.05, 0) is 11.8 Å². The van der Waals surface area contributed by atoms with E-state index in [2.05, 4.69) is 10.4 Å². The Morgan fingerprint density at radius 1 is 1.50 bits per heavy atom. The molecule has 2 amide bonds. The first-order valence-electron chi connectivity index (χ1n) is 6.86. The van der Waals surface area contributed by atoms with E-state index in [1.54, 1.807) is 22.0 Å². The van der Waals surface area contributed by atoms with Crippen LogP contribution in [0.25, 0.3) is 0 Å². The van der Waals surface area contributed by atoms with E-state index >= 15 is 0 Å². The number of anilines is 1. The van der Waals surface area contributed by atoms with Gasteiger partial charge in [0.05, 0.1) is 11.9 Å². The minimum absolute atomic E-state index is 0.0553. The van der Waals surface area contributed by atoms with E-state index < -0.39 is 6.04 Å². The molecule has 1 aliphatic rings. The number of amides is 2. The summed E-state index contributed by atoms with van der Waals surface area (Å²) in [6, 6.07) is -0.412. The van der Waals surface area contributed by atoms with Gasteiger partial charge in [0.25, 0.3) is 0 Å². The molecule has 0 spiro atoms. The maximum atomic E-state index is 12.3. The molecule has 1 aromatic heterocycles. The van der Waals surface area contributed by atoms with Gasteiger partial charge in [-0.25, -0.2) is 0 Å². The minimum atomic E-state index is -0.412. The van der Waals surface area contributed by atoms with Gasteiger partial charge in [0, 0.05) is 26.2 Å². The number of hydrogen-bond acceptors (Lipinski definition) is 3. The van der Waals surface area contributed by atoms with E-state index in [4.69, 9.17) is 0 Å². The highest BCUT2D eigenvalue weighted by Crippen LogP contribution is 2.22. The molecule has 1 aliphatic heterocycles. The zero-order valence-corrected chi connectivity index (χ0v) is 12.5. The van der Waals surface area contributed by atoms with Crippen molar-refractivity contribution < 1.29 is 9.59 Å². The standard InChI is InChI=1S/C14H22N4O2/c1-14(2,3)7-12(19)16-11-5-6-18(13(11)20)10-8-15-17(4)9-10/h8-9,11H,5-7H2,1-4H3,(H,16,19). The molecule has 110 valence electrons. The van der Waals surface area contributed by atoms with Crippen LogP contribution in [0.2, 0.25) is 0 Å². The number of aryl methyl sites for hydroxylation is 1. The zero-order chi connectivity index (χ0) is 14.9. The summed E-state index contributed by atoms with van der Waals surface area (Å²) in [6.45, 7) is 6.63. The Morgan fingerprint density at radius 2 is 2.20 bits per heavy atom. The van der Waals surface area contributed by atoms with Crippen LogP contribution in [0.3, 0.4) is 0 Å². The molecular weight excluding hydrogens is 256 g/mol. The first-order valence-corrected chi connectivity index (χ1v) is 6.86. The normalized spacial score (nSPS) is 19.5. The smallest absolute Gasteiger partial charge is 0.249 e. The topological polar surface area (TPSA) is 67.2 Å². The highest BCUT2D eigenvalue weighted by Gasteiger charge is 2.34. The molecule has 0 bridgehead atoms. The lowest BCUT2D eigenvalue weighted by molar-refractivity contribution is -0.127. The fourth-order valence-electron chi connectivity index (χ4n) is 2.34. The molecule has 1 saturated heterocycles. The molecule has 2 heterocycles. The Kier molecular flexibility index (Phi) is 3.83. The highest BCUT2D eigenvalue weighted by atomic mass is 16.2. The summed E-state index contributed by atoms with van der Waals surface area (Å²) >= 11 is 0. The lowest BCUT2D eigenvalue weighted by atomic mass is 9.92. The second kappa shape index (κ2) is 5.26. The maximum absolute atomic E-state index is 12.3. The van der Waals surface area contributed by atoms with E-state index in [-0.39, 0.29) is 17.2 Å². The van der Waals surface area contributed by atoms with Crippen LogP contribution in [0, 0.1) is 5.41 Å². The molecule has 1 aromatic rings. The molecule has 0 aliphatic carbocycles. The monoisotopic (exact) mass is 278 g/mol. The molecule has 1 fully saturated rings. The van der Waals surface area contributed by atoms with Crippen LogP contribution in [0.5, 0.6) is 0 Å². The predicted octanol–water partition coefficient (Wildman–Crippen LogP) is 1.08. The van der Waals surface area contributed by atoms with E-state index in [0.29, 0.717) is 19.4 Å². The molecule has 1 N–H and O–H groups in total. The number of nitrogens with one attached hydrogen (secondary N) is 1. The fraction of sp³-hybridized carbons (Fsp3) is 0.643. The van der Waals surface area contributed by atoms with Gasteiger partial charge in [-0.15, -0.1) is 0 Å². The van der Waals surface area contributed by atoms with Gasteiger partial charge in [0.1, 0.15) is 6.04 Å². The summed E-state index contributed by atoms with van der Waals surface area (Å²) in [4.78, 5) is 25.9. The van der Waals surface area contributed by atoms with Crippen molar-refractivity contribution in [3.05, 3.63) is 12.4 Å². The third-order valence-corrected chi connectivity index (χ3v) is 3.23. The molecule has 0 aromatic carbocycles. The molecule has 1 atom stereocenters. The lowest BCUT2D eigenvalue weighted by Crippen LogP contribution is -2.42. The Labute approximate surface area is 119 Å². The SMILES string of the molecule is Cn1cc(N2CCC(NC(=O)CC(C)(C)C)C2=O)cn1. The largest absolute Gasteiger partial charge is 0.344 e. The summed E-state index contributed by atoms with van der Waals surface area (Å²) < 4.78 is 1.66. The molecule has 6 nitrogen and oxygen atoms in total. The molecule has 20 heavy (non-hydrogen) atoms. The summed E-state index contributed by atoms with van der Waals surface area (Å²) in [7, 11) is 1.81. The van der Waals surface area contributed by atoms with Gasteiger partial charge < -0.3 is 10.2 Å². The Hall–Kier alpha value is -1.85. The van der Waals surface area contributed by atoms with Gasteiger partial charge in [-0.3, -0.25) is 14.3 Å². The number of nitrogens with zero attached hydrogens (tertiary/aromatic N) is 3. The quantitative estimate of drug-likeness (QED) is 0.899.